The minimum Gasteiger partial charge on any atom is -0.465 e. The largest absolute Gasteiger partial charge is 0.465 e. The predicted molar refractivity (Wildman–Crippen MR) is 121 cm³/mol. The third-order valence-corrected chi connectivity index (χ3v) is 6.02. The number of carbonyl (C=O) groups is 1. The van der Waals surface area contributed by atoms with E-state index in [1.54, 1.807) is 6.92 Å². The van der Waals surface area contributed by atoms with Crippen LogP contribution in [0.5, 0.6) is 11.5 Å². The third-order valence-electron chi connectivity index (χ3n) is 4.85. The van der Waals surface area contributed by atoms with Crippen LogP contribution in [0.1, 0.15) is 21.1 Å². The minimum atomic E-state index is -0.467. The molecule has 0 saturated heterocycles. The molecule has 4 aromatic rings. The van der Waals surface area contributed by atoms with Crippen LogP contribution in [0, 0.1) is 6.92 Å². The molecule has 0 atom stereocenters. The number of aromatic amines is 1. The molecule has 31 heavy (non-hydrogen) atoms. The summed E-state index contributed by atoms with van der Waals surface area (Å²) >= 11 is 1.16. The van der Waals surface area contributed by atoms with E-state index in [9.17, 15) is 9.59 Å². The van der Waals surface area contributed by atoms with Gasteiger partial charge in [-0.2, -0.15) is 0 Å². The zero-order valence-corrected chi connectivity index (χ0v) is 18.2. The van der Waals surface area contributed by atoms with Crippen molar-refractivity contribution in [1.29, 1.82) is 0 Å². The highest BCUT2D eigenvalue weighted by molar-refractivity contribution is 7.20. The molecule has 2 aromatic carbocycles. The van der Waals surface area contributed by atoms with E-state index in [0.717, 1.165) is 22.8 Å². The summed E-state index contributed by atoms with van der Waals surface area (Å²) in [5, 5.41) is 0.421. The number of aromatic nitrogens is 2. The van der Waals surface area contributed by atoms with Gasteiger partial charge in [0, 0.05) is 7.05 Å². The van der Waals surface area contributed by atoms with E-state index < -0.39 is 5.97 Å². The number of hydrogen-bond donors (Lipinski definition) is 1. The first-order chi connectivity index (χ1) is 15.0. The monoisotopic (exact) mass is 435 g/mol. The molecule has 7 nitrogen and oxygen atoms in total. The molecular formula is C23H21N3O4S. The summed E-state index contributed by atoms with van der Waals surface area (Å²) < 4.78 is 10.8. The number of para-hydroxylation sites is 3. The maximum Gasteiger partial charge on any atom is 0.348 e. The fourth-order valence-electron chi connectivity index (χ4n) is 3.33. The number of aryl methyl sites for hydroxylation is 1. The zero-order chi connectivity index (χ0) is 22.0. The van der Waals surface area contributed by atoms with Crippen molar-refractivity contribution in [2.75, 3.05) is 19.1 Å². The quantitative estimate of drug-likeness (QED) is 0.449. The first-order valence-corrected chi connectivity index (χ1v) is 10.4. The van der Waals surface area contributed by atoms with E-state index in [-0.39, 0.29) is 5.56 Å². The van der Waals surface area contributed by atoms with Crippen LogP contribution < -0.4 is 15.2 Å². The van der Waals surface area contributed by atoms with E-state index >= 15 is 0 Å². The van der Waals surface area contributed by atoms with Crippen molar-refractivity contribution in [1.82, 2.24) is 9.97 Å². The van der Waals surface area contributed by atoms with Gasteiger partial charge in [0.05, 0.1) is 24.7 Å². The number of esters is 1. The molecule has 0 spiro atoms. The van der Waals surface area contributed by atoms with Gasteiger partial charge in [-0.25, -0.2) is 9.78 Å². The maximum atomic E-state index is 12.7. The molecule has 0 aliphatic heterocycles. The van der Waals surface area contributed by atoms with Gasteiger partial charge in [-0.3, -0.25) is 4.79 Å². The molecule has 0 aliphatic rings. The summed E-state index contributed by atoms with van der Waals surface area (Å²) in [7, 11) is 3.22. The predicted octanol–water partition coefficient (Wildman–Crippen LogP) is 4.51. The van der Waals surface area contributed by atoms with Crippen molar-refractivity contribution >= 4 is 33.2 Å². The molecule has 4 rings (SSSR count). The van der Waals surface area contributed by atoms with Crippen LogP contribution in [0.2, 0.25) is 0 Å². The Morgan fingerprint density at radius 1 is 1.13 bits per heavy atom. The summed E-state index contributed by atoms with van der Waals surface area (Å²) in [4.78, 5) is 34.9. The summed E-state index contributed by atoms with van der Waals surface area (Å²) in [6.45, 7) is 2.08. The third kappa shape index (κ3) is 4.15. The van der Waals surface area contributed by atoms with Gasteiger partial charge in [0.25, 0.3) is 5.56 Å². The second-order valence-corrected chi connectivity index (χ2v) is 7.98. The number of methoxy groups -OCH3 is 1. The van der Waals surface area contributed by atoms with Crippen LogP contribution in [-0.2, 0) is 11.3 Å². The Morgan fingerprint density at radius 3 is 2.58 bits per heavy atom. The molecule has 0 bridgehead atoms. The van der Waals surface area contributed by atoms with Gasteiger partial charge >= 0.3 is 5.97 Å². The molecule has 8 heteroatoms. The molecule has 158 valence electrons. The number of anilines is 1. The lowest BCUT2D eigenvalue weighted by atomic mass is 10.2. The lowest BCUT2D eigenvalue weighted by Crippen LogP contribution is -2.21. The van der Waals surface area contributed by atoms with Crippen LogP contribution in [0.3, 0.4) is 0 Å². The number of nitrogens with one attached hydrogen (secondary N) is 1. The van der Waals surface area contributed by atoms with Crippen molar-refractivity contribution in [3.63, 3.8) is 0 Å². The van der Waals surface area contributed by atoms with Crippen molar-refractivity contribution in [3.05, 3.63) is 81.2 Å². The Hall–Kier alpha value is -3.65. The lowest BCUT2D eigenvalue weighted by Gasteiger charge is -2.21. The number of thiophene rings is 1. The molecule has 0 radical (unpaired) electrons. The van der Waals surface area contributed by atoms with Crippen molar-refractivity contribution < 1.29 is 14.3 Å². The van der Waals surface area contributed by atoms with E-state index in [0.29, 0.717) is 38.8 Å². The summed E-state index contributed by atoms with van der Waals surface area (Å²) in [5.74, 6) is 1.46. The number of benzene rings is 2. The number of fused-ring (bicyclic) bond motifs is 1. The molecule has 2 heterocycles. The Labute approximate surface area is 182 Å². The summed E-state index contributed by atoms with van der Waals surface area (Å²) in [5.41, 5.74) is 1.17. The van der Waals surface area contributed by atoms with Gasteiger partial charge in [0.2, 0.25) is 0 Å². The Kier molecular flexibility index (Phi) is 5.73. The number of hydrogen-bond acceptors (Lipinski definition) is 7. The Morgan fingerprint density at radius 2 is 1.84 bits per heavy atom. The molecule has 0 fully saturated rings. The maximum absolute atomic E-state index is 12.7. The number of nitrogens with zero attached hydrogens (tertiary/aromatic N) is 2. The standard InChI is InChI=1S/C23H21N3O4S/c1-14-19-21(27)24-18(25-22(19)31-20(14)23(28)29-3)13-26(2)16-11-7-8-12-17(16)30-15-9-5-4-6-10-15/h4-12H,13H2,1-3H3,(H,24,25,27). The van der Waals surface area contributed by atoms with Crippen LogP contribution in [-0.4, -0.2) is 30.1 Å². The van der Waals surface area contributed by atoms with Crippen molar-refractivity contribution in [2.45, 2.75) is 13.5 Å². The van der Waals surface area contributed by atoms with Crippen molar-refractivity contribution in [3.8, 4) is 11.5 Å². The highest BCUT2D eigenvalue weighted by Gasteiger charge is 2.20. The van der Waals surface area contributed by atoms with Crippen LogP contribution in [0.4, 0.5) is 5.69 Å². The van der Waals surface area contributed by atoms with Gasteiger partial charge in [-0.1, -0.05) is 30.3 Å². The lowest BCUT2D eigenvalue weighted by molar-refractivity contribution is 0.0605. The molecular weight excluding hydrogens is 414 g/mol. The highest BCUT2D eigenvalue weighted by atomic mass is 32.1. The SMILES string of the molecule is COC(=O)c1sc2nc(CN(C)c3ccccc3Oc3ccccc3)[nH]c(=O)c2c1C. The normalized spacial score (nSPS) is 10.8. The summed E-state index contributed by atoms with van der Waals surface area (Å²) in [6.07, 6.45) is 0. The van der Waals surface area contributed by atoms with E-state index in [2.05, 4.69) is 9.97 Å². The summed E-state index contributed by atoms with van der Waals surface area (Å²) in [6, 6.07) is 17.2. The number of rotatable bonds is 6. The van der Waals surface area contributed by atoms with Gasteiger partial charge in [-0.05, 0) is 36.8 Å². The fraction of sp³-hybridized carbons (Fsp3) is 0.174. The smallest absolute Gasteiger partial charge is 0.348 e. The van der Waals surface area contributed by atoms with Crippen LogP contribution in [0.15, 0.2) is 59.4 Å². The Balaban J connectivity index is 1.64. The van der Waals surface area contributed by atoms with Crippen LogP contribution >= 0.6 is 11.3 Å². The van der Waals surface area contributed by atoms with Gasteiger partial charge < -0.3 is 19.4 Å². The average Bonchev–Trinajstić information content (AvgIpc) is 3.11. The van der Waals surface area contributed by atoms with Crippen molar-refractivity contribution in [2.24, 2.45) is 0 Å². The molecule has 0 amide bonds. The second-order valence-electron chi connectivity index (χ2n) is 6.98. The Bertz CT molecular complexity index is 1300. The van der Waals surface area contributed by atoms with E-state index in [1.165, 1.54) is 7.11 Å². The molecule has 0 unspecified atom stereocenters. The zero-order valence-electron chi connectivity index (χ0n) is 17.3. The van der Waals surface area contributed by atoms with Gasteiger partial charge in [-0.15, -0.1) is 11.3 Å². The number of H-pyrrole nitrogens is 1. The molecule has 0 saturated carbocycles. The molecule has 1 N–H and O–H groups in total. The first-order valence-electron chi connectivity index (χ1n) is 9.61. The van der Waals surface area contributed by atoms with E-state index in [1.807, 2.05) is 66.5 Å². The van der Waals surface area contributed by atoms with E-state index in [4.69, 9.17) is 9.47 Å². The minimum absolute atomic E-state index is 0.272. The highest BCUT2D eigenvalue weighted by Crippen LogP contribution is 2.32. The van der Waals surface area contributed by atoms with Gasteiger partial charge in [0.1, 0.15) is 21.3 Å². The molecule has 2 aromatic heterocycles. The fourth-order valence-corrected chi connectivity index (χ4v) is 4.45. The second kappa shape index (κ2) is 8.61. The van der Waals surface area contributed by atoms with Crippen LogP contribution in [0.25, 0.3) is 10.2 Å². The topological polar surface area (TPSA) is 84.5 Å². The molecule has 0 aliphatic carbocycles. The van der Waals surface area contributed by atoms with Gasteiger partial charge in [0.15, 0.2) is 5.75 Å². The average molecular weight is 436 g/mol. The number of ether oxygens (including phenoxy) is 2. The number of carbonyl (C=O) groups excluding carboxylic acids is 1. The first kappa shape index (κ1) is 20.6.